The molecule has 14 heteroatoms. The van der Waals surface area contributed by atoms with Crippen LogP contribution in [0.4, 0.5) is 23.2 Å². The molecule has 2 fully saturated rings. The fourth-order valence-electron chi connectivity index (χ4n) is 4.78. The van der Waals surface area contributed by atoms with Crippen molar-refractivity contribution in [1.29, 1.82) is 0 Å². The molecule has 0 saturated carbocycles. The van der Waals surface area contributed by atoms with Gasteiger partial charge in [-0.05, 0) is 50.9 Å². The van der Waals surface area contributed by atoms with E-state index in [2.05, 4.69) is 25.7 Å². The van der Waals surface area contributed by atoms with E-state index in [-0.39, 0.29) is 52.3 Å². The molecule has 1 amide bonds. The molecule has 0 unspecified atom stereocenters. The molecule has 2 saturated heterocycles. The van der Waals surface area contributed by atoms with E-state index in [1.807, 2.05) is 13.8 Å². The van der Waals surface area contributed by atoms with Crippen molar-refractivity contribution in [2.45, 2.75) is 73.9 Å². The van der Waals surface area contributed by atoms with Crippen molar-refractivity contribution in [1.82, 2.24) is 20.4 Å². The Hall–Kier alpha value is -2.42. The highest BCUT2D eigenvalue weighted by molar-refractivity contribution is 8.00. The molecule has 0 radical (unpaired) electrons. The molecule has 0 aliphatic carbocycles. The fraction of sp³-hybridized carbons (Fsp3) is 0.542. The number of piperidine rings is 2. The highest BCUT2D eigenvalue weighted by atomic mass is 32.2. The van der Waals surface area contributed by atoms with E-state index in [1.54, 1.807) is 18.2 Å². The summed E-state index contributed by atoms with van der Waals surface area (Å²) in [5, 5.41) is 19.7. The van der Waals surface area contributed by atoms with Crippen LogP contribution in [0.1, 0.15) is 45.0 Å². The van der Waals surface area contributed by atoms with Crippen LogP contribution in [0.2, 0.25) is 0 Å². The molecule has 1 aromatic carbocycles. The number of aromatic nitrogens is 2. The number of anilines is 1. The van der Waals surface area contributed by atoms with Gasteiger partial charge in [-0.2, -0.15) is 18.2 Å². The Kier molecular flexibility index (Phi) is 7.59. The molecule has 2 aliphatic heterocycles. The van der Waals surface area contributed by atoms with Gasteiger partial charge in [0.2, 0.25) is 17.6 Å². The molecule has 8 nitrogen and oxygen atoms in total. The number of carbonyl (C=O) groups is 1. The highest BCUT2D eigenvalue weighted by Gasteiger charge is 2.36. The first-order chi connectivity index (χ1) is 18.0. The van der Waals surface area contributed by atoms with Crippen LogP contribution in [0.15, 0.2) is 27.6 Å². The molecule has 4 atom stereocenters. The quantitative estimate of drug-likeness (QED) is 0.276. The third-order valence-electron chi connectivity index (χ3n) is 6.82. The van der Waals surface area contributed by atoms with Crippen LogP contribution in [0.3, 0.4) is 0 Å². The van der Waals surface area contributed by atoms with Crippen molar-refractivity contribution in [2.24, 2.45) is 0 Å². The van der Waals surface area contributed by atoms with Gasteiger partial charge >= 0.3 is 5.51 Å². The second kappa shape index (κ2) is 10.6. The lowest BCUT2D eigenvalue weighted by Gasteiger charge is -2.37. The number of halogens is 4. The van der Waals surface area contributed by atoms with Crippen LogP contribution in [-0.2, 0) is 4.79 Å². The number of benzene rings is 1. The molecule has 4 heterocycles. The van der Waals surface area contributed by atoms with Crippen LogP contribution in [0.25, 0.3) is 20.8 Å². The molecule has 5 rings (SSSR count). The Labute approximate surface area is 224 Å². The van der Waals surface area contributed by atoms with Gasteiger partial charge < -0.3 is 20.3 Å². The van der Waals surface area contributed by atoms with E-state index >= 15 is 4.39 Å². The van der Waals surface area contributed by atoms with Gasteiger partial charge in [0.15, 0.2) is 0 Å². The first-order valence-electron chi connectivity index (χ1n) is 12.3. The summed E-state index contributed by atoms with van der Waals surface area (Å²) in [6.07, 6.45) is -1.15. The molecular weight excluding hydrogens is 546 g/mol. The normalized spacial score (nSPS) is 25.2. The molecule has 0 bridgehead atoms. The van der Waals surface area contributed by atoms with Gasteiger partial charge in [0.05, 0.1) is 21.3 Å². The van der Waals surface area contributed by atoms with E-state index in [0.717, 1.165) is 17.9 Å². The van der Waals surface area contributed by atoms with Crippen molar-refractivity contribution in [3.05, 3.63) is 24.1 Å². The number of nitrogens with zero attached hydrogens (tertiary/aromatic N) is 3. The van der Waals surface area contributed by atoms with Gasteiger partial charge in [0, 0.05) is 29.4 Å². The van der Waals surface area contributed by atoms with Gasteiger partial charge in [-0.15, -0.1) is 11.3 Å². The van der Waals surface area contributed by atoms with E-state index in [0.29, 0.717) is 28.6 Å². The molecule has 206 valence electrons. The average molecular weight is 574 g/mol. The molecule has 38 heavy (non-hydrogen) atoms. The van der Waals surface area contributed by atoms with Crippen LogP contribution >= 0.6 is 23.1 Å². The smallest absolute Gasteiger partial charge is 0.383 e. The van der Waals surface area contributed by atoms with Crippen molar-refractivity contribution in [3.8, 4) is 10.7 Å². The number of amides is 1. The first kappa shape index (κ1) is 27.2. The zero-order valence-corrected chi connectivity index (χ0v) is 22.2. The summed E-state index contributed by atoms with van der Waals surface area (Å²) in [6, 6.07) is 4.08. The highest BCUT2D eigenvalue weighted by Crippen LogP contribution is 2.51. The van der Waals surface area contributed by atoms with E-state index < -0.39 is 35.8 Å². The number of hydrogen-bond acceptors (Lipinski definition) is 9. The third kappa shape index (κ3) is 5.63. The second-order valence-corrected chi connectivity index (χ2v) is 11.8. The number of fused-ring (bicyclic) bond motifs is 1. The maximum Gasteiger partial charge on any atom is 0.446 e. The lowest BCUT2D eigenvalue weighted by molar-refractivity contribution is -0.133. The van der Waals surface area contributed by atoms with Crippen molar-refractivity contribution in [2.75, 3.05) is 18.4 Å². The standard InChI is InChI=1S/C24H27F4N5O3S2/c1-11(2)33-9-8-14(13(25)10-33)29-15-5-3-4-12-18(15)37-20(19(12)38-24(26,27)28)21-31-23(36-32-21)16-6-7-17(34)22(35)30-16/h3-5,11,13-14,16-17,29,34H,6-10H2,1-2H3,(H,30,35)/t13-,14+,16+,17+/m0/s1. The van der Waals surface area contributed by atoms with E-state index in [9.17, 15) is 23.1 Å². The Bertz CT molecular complexity index is 1310. The Balaban J connectivity index is 1.48. The van der Waals surface area contributed by atoms with E-state index in [4.69, 9.17) is 4.52 Å². The maximum atomic E-state index is 15.0. The number of nitrogens with one attached hydrogen (secondary N) is 2. The zero-order valence-electron chi connectivity index (χ0n) is 20.6. The largest absolute Gasteiger partial charge is 0.446 e. The summed E-state index contributed by atoms with van der Waals surface area (Å²) in [4.78, 5) is 18.3. The Morgan fingerprint density at radius 3 is 2.76 bits per heavy atom. The Morgan fingerprint density at radius 1 is 1.29 bits per heavy atom. The zero-order chi connectivity index (χ0) is 27.2. The van der Waals surface area contributed by atoms with Crippen LogP contribution < -0.4 is 10.6 Å². The number of rotatable bonds is 6. The van der Waals surface area contributed by atoms with Gasteiger partial charge in [-0.1, -0.05) is 17.3 Å². The predicted molar refractivity (Wildman–Crippen MR) is 137 cm³/mol. The van der Waals surface area contributed by atoms with Crippen LogP contribution in [0, 0.1) is 0 Å². The van der Waals surface area contributed by atoms with Crippen LogP contribution in [0.5, 0.6) is 0 Å². The number of aliphatic hydroxyl groups is 1. The summed E-state index contributed by atoms with van der Waals surface area (Å²) in [7, 11) is 0. The summed E-state index contributed by atoms with van der Waals surface area (Å²) in [5.74, 6) is -0.554. The van der Waals surface area contributed by atoms with Gasteiger partial charge in [-0.3, -0.25) is 9.69 Å². The number of thiophene rings is 1. The van der Waals surface area contributed by atoms with Crippen molar-refractivity contribution < 1.29 is 32.0 Å². The number of thioether (sulfide) groups is 1. The first-order valence-corrected chi connectivity index (χ1v) is 13.9. The minimum absolute atomic E-state index is 0.0344. The average Bonchev–Trinajstić information content (AvgIpc) is 3.47. The lowest BCUT2D eigenvalue weighted by atomic mass is 10.0. The number of likely N-dealkylation sites (tertiary alicyclic amines) is 1. The monoisotopic (exact) mass is 573 g/mol. The SMILES string of the molecule is CC(C)N1CC[C@@H](Nc2cccc3c(SC(F)(F)F)c(-c4noc([C@H]5CC[C@@H](O)C(=O)N5)n4)sc23)[C@@H](F)C1. The second-order valence-electron chi connectivity index (χ2n) is 9.75. The predicted octanol–water partition coefficient (Wildman–Crippen LogP) is 5.11. The summed E-state index contributed by atoms with van der Waals surface area (Å²) >= 11 is 0.812. The number of carbonyl (C=O) groups excluding carboxylic acids is 1. The number of hydrogen-bond donors (Lipinski definition) is 3. The molecule has 0 spiro atoms. The maximum absolute atomic E-state index is 15.0. The van der Waals surface area contributed by atoms with Crippen LogP contribution in [-0.4, -0.2) is 69.0 Å². The van der Waals surface area contributed by atoms with E-state index in [1.165, 1.54) is 0 Å². The lowest BCUT2D eigenvalue weighted by Crippen LogP contribution is -2.50. The summed E-state index contributed by atoms with van der Waals surface area (Å²) < 4.78 is 61.7. The molecule has 3 aromatic rings. The fourth-order valence-corrected chi connectivity index (χ4v) is 6.89. The molecule has 2 aromatic heterocycles. The Morgan fingerprint density at radius 2 is 2.08 bits per heavy atom. The summed E-state index contributed by atoms with van der Waals surface area (Å²) in [6.45, 7) is 5.04. The third-order valence-corrected chi connectivity index (χ3v) is 9.05. The van der Waals surface area contributed by atoms with Gasteiger partial charge in [0.25, 0.3) is 0 Å². The number of aliphatic hydroxyl groups excluding tert-OH is 1. The van der Waals surface area contributed by atoms with Gasteiger partial charge in [0.1, 0.15) is 18.3 Å². The van der Waals surface area contributed by atoms with Gasteiger partial charge in [-0.25, -0.2) is 4.39 Å². The minimum atomic E-state index is -4.57. The summed E-state index contributed by atoms with van der Waals surface area (Å²) in [5.41, 5.74) is -4.02. The molecule has 2 aliphatic rings. The van der Waals surface area contributed by atoms with Crippen molar-refractivity contribution in [3.63, 3.8) is 0 Å². The number of alkyl halides is 4. The topological polar surface area (TPSA) is 104 Å². The minimum Gasteiger partial charge on any atom is -0.383 e. The molecule has 3 N–H and O–H groups in total. The van der Waals surface area contributed by atoms with Crippen molar-refractivity contribution >= 4 is 44.8 Å². The molecular formula is C24H27F4N5O3S2.